The SMILES string of the molecule is O=C(OCCCn1cccn1)c1ccccc1-c1cncnc1. The average Bonchev–Trinajstić information content (AvgIpc) is 3.13. The summed E-state index contributed by atoms with van der Waals surface area (Å²) >= 11 is 0. The molecule has 0 aliphatic rings. The lowest BCUT2D eigenvalue weighted by molar-refractivity contribution is 0.0496. The fourth-order valence-corrected chi connectivity index (χ4v) is 2.25. The van der Waals surface area contributed by atoms with E-state index in [2.05, 4.69) is 15.1 Å². The lowest BCUT2D eigenvalue weighted by Gasteiger charge is -2.09. The van der Waals surface area contributed by atoms with Crippen molar-refractivity contribution in [1.82, 2.24) is 19.7 Å². The Kier molecular flexibility index (Phi) is 4.73. The highest BCUT2D eigenvalue weighted by molar-refractivity contribution is 5.97. The Morgan fingerprint density at radius 1 is 1.13 bits per heavy atom. The molecule has 3 aromatic rings. The molecule has 0 spiro atoms. The molecule has 0 radical (unpaired) electrons. The molecule has 6 heteroatoms. The highest BCUT2D eigenvalue weighted by Crippen LogP contribution is 2.22. The van der Waals surface area contributed by atoms with Crippen LogP contribution in [0.4, 0.5) is 0 Å². The fraction of sp³-hybridized carbons (Fsp3) is 0.176. The van der Waals surface area contributed by atoms with Crippen LogP contribution in [0.1, 0.15) is 16.8 Å². The lowest BCUT2D eigenvalue weighted by Crippen LogP contribution is -2.10. The van der Waals surface area contributed by atoms with Gasteiger partial charge in [-0.25, -0.2) is 14.8 Å². The van der Waals surface area contributed by atoms with E-state index in [4.69, 9.17) is 4.74 Å². The maximum atomic E-state index is 12.3. The molecule has 0 saturated carbocycles. The number of ether oxygens (including phenoxy) is 1. The fourth-order valence-electron chi connectivity index (χ4n) is 2.25. The molecule has 0 atom stereocenters. The van der Waals surface area contributed by atoms with Crippen molar-refractivity contribution < 1.29 is 9.53 Å². The molecule has 0 bridgehead atoms. The van der Waals surface area contributed by atoms with Crippen LogP contribution in [0.2, 0.25) is 0 Å². The van der Waals surface area contributed by atoms with Gasteiger partial charge in [0, 0.05) is 43.3 Å². The van der Waals surface area contributed by atoms with Crippen molar-refractivity contribution in [3.8, 4) is 11.1 Å². The van der Waals surface area contributed by atoms with Crippen molar-refractivity contribution in [3.05, 3.63) is 67.0 Å². The summed E-state index contributed by atoms with van der Waals surface area (Å²) in [5.41, 5.74) is 2.07. The first-order valence-corrected chi connectivity index (χ1v) is 7.33. The third-order valence-corrected chi connectivity index (χ3v) is 3.34. The first kappa shape index (κ1) is 14.9. The molecule has 2 heterocycles. The molecule has 6 nitrogen and oxygen atoms in total. The number of carbonyl (C=O) groups is 1. The smallest absolute Gasteiger partial charge is 0.338 e. The number of rotatable bonds is 6. The van der Waals surface area contributed by atoms with Crippen LogP contribution in [0.25, 0.3) is 11.1 Å². The van der Waals surface area contributed by atoms with Gasteiger partial charge in [-0.2, -0.15) is 5.10 Å². The van der Waals surface area contributed by atoms with Crippen LogP contribution < -0.4 is 0 Å². The van der Waals surface area contributed by atoms with Crippen LogP contribution in [-0.2, 0) is 11.3 Å². The van der Waals surface area contributed by atoms with E-state index in [1.807, 2.05) is 35.1 Å². The third-order valence-electron chi connectivity index (χ3n) is 3.34. The van der Waals surface area contributed by atoms with Crippen molar-refractivity contribution in [2.45, 2.75) is 13.0 Å². The van der Waals surface area contributed by atoms with E-state index in [9.17, 15) is 4.79 Å². The highest BCUT2D eigenvalue weighted by Gasteiger charge is 2.13. The molecule has 116 valence electrons. The second-order valence-corrected chi connectivity index (χ2v) is 4.93. The predicted molar refractivity (Wildman–Crippen MR) is 84.6 cm³/mol. The summed E-state index contributed by atoms with van der Waals surface area (Å²) in [5, 5.41) is 4.11. The Hall–Kier alpha value is -3.02. The van der Waals surface area contributed by atoms with E-state index >= 15 is 0 Å². The summed E-state index contributed by atoms with van der Waals surface area (Å²) in [6.45, 7) is 1.06. The van der Waals surface area contributed by atoms with E-state index in [0.29, 0.717) is 25.1 Å². The van der Waals surface area contributed by atoms with Gasteiger partial charge in [-0.3, -0.25) is 4.68 Å². The second kappa shape index (κ2) is 7.31. The highest BCUT2D eigenvalue weighted by atomic mass is 16.5. The maximum absolute atomic E-state index is 12.3. The molecule has 0 aliphatic heterocycles. The van der Waals surface area contributed by atoms with Gasteiger partial charge < -0.3 is 4.74 Å². The van der Waals surface area contributed by atoms with E-state index < -0.39 is 0 Å². The second-order valence-electron chi connectivity index (χ2n) is 4.93. The Balaban J connectivity index is 1.63. The number of aryl methyl sites for hydroxylation is 1. The molecule has 3 rings (SSSR count). The average molecular weight is 308 g/mol. The maximum Gasteiger partial charge on any atom is 0.338 e. The molecule has 0 amide bonds. The van der Waals surface area contributed by atoms with Gasteiger partial charge in [0.25, 0.3) is 0 Å². The van der Waals surface area contributed by atoms with Crippen LogP contribution in [0.15, 0.2) is 61.4 Å². The Labute approximate surface area is 133 Å². The minimum absolute atomic E-state index is 0.343. The van der Waals surface area contributed by atoms with E-state index in [1.165, 1.54) is 6.33 Å². The largest absolute Gasteiger partial charge is 0.462 e. The van der Waals surface area contributed by atoms with E-state index in [1.54, 1.807) is 24.7 Å². The normalized spacial score (nSPS) is 10.4. The number of aromatic nitrogens is 4. The van der Waals surface area contributed by atoms with Gasteiger partial charge in [0.2, 0.25) is 0 Å². The molecule has 0 N–H and O–H groups in total. The molecule has 0 unspecified atom stereocenters. The van der Waals surface area contributed by atoms with Crippen molar-refractivity contribution in [2.75, 3.05) is 6.61 Å². The minimum atomic E-state index is -0.343. The summed E-state index contributed by atoms with van der Waals surface area (Å²) in [5.74, 6) is -0.343. The topological polar surface area (TPSA) is 69.9 Å². The molecule has 0 fully saturated rings. The van der Waals surface area contributed by atoms with Crippen LogP contribution in [0, 0.1) is 0 Å². The molecule has 0 saturated heterocycles. The van der Waals surface area contributed by atoms with Crippen LogP contribution in [0.3, 0.4) is 0 Å². The summed E-state index contributed by atoms with van der Waals surface area (Å²) < 4.78 is 7.18. The Bertz CT molecular complexity index is 757. The van der Waals surface area contributed by atoms with Crippen LogP contribution in [0.5, 0.6) is 0 Å². The lowest BCUT2D eigenvalue weighted by atomic mass is 10.0. The quantitative estimate of drug-likeness (QED) is 0.517. The van der Waals surface area contributed by atoms with E-state index in [0.717, 1.165) is 11.1 Å². The van der Waals surface area contributed by atoms with Crippen molar-refractivity contribution in [3.63, 3.8) is 0 Å². The number of nitrogens with zero attached hydrogens (tertiary/aromatic N) is 4. The van der Waals surface area contributed by atoms with Crippen LogP contribution >= 0.6 is 0 Å². The monoisotopic (exact) mass is 308 g/mol. The summed E-state index contributed by atoms with van der Waals surface area (Å²) in [6.07, 6.45) is 9.13. The van der Waals surface area contributed by atoms with Gasteiger partial charge in [0.05, 0.1) is 12.2 Å². The molecule has 0 aliphatic carbocycles. The van der Waals surface area contributed by atoms with Crippen molar-refractivity contribution in [1.29, 1.82) is 0 Å². The number of esters is 1. The summed E-state index contributed by atoms with van der Waals surface area (Å²) in [7, 11) is 0. The first-order valence-electron chi connectivity index (χ1n) is 7.33. The molecular weight excluding hydrogens is 292 g/mol. The minimum Gasteiger partial charge on any atom is -0.462 e. The van der Waals surface area contributed by atoms with Gasteiger partial charge in [-0.1, -0.05) is 18.2 Å². The predicted octanol–water partition coefficient (Wildman–Crippen LogP) is 2.59. The van der Waals surface area contributed by atoms with Crippen molar-refractivity contribution >= 4 is 5.97 Å². The third kappa shape index (κ3) is 3.79. The molecule has 1 aromatic carbocycles. The first-order chi connectivity index (χ1) is 11.3. The number of hydrogen-bond acceptors (Lipinski definition) is 5. The Morgan fingerprint density at radius 3 is 2.74 bits per heavy atom. The van der Waals surface area contributed by atoms with Gasteiger partial charge in [0.15, 0.2) is 0 Å². The molecule has 23 heavy (non-hydrogen) atoms. The zero-order chi connectivity index (χ0) is 15.9. The number of carbonyl (C=O) groups excluding carboxylic acids is 1. The number of hydrogen-bond donors (Lipinski definition) is 0. The zero-order valence-electron chi connectivity index (χ0n) is 12.5. The van der Waals surface area contributed by atoms with E-state index in [-0.39, 0.29) is 5.97 Å². The van der Waals surface area contributed by atoms with Gasteiger partial charge >= 0.3 is 5.97 Å². The zero-order valence-corrected chi connectivity index (χ0v) is 12.5. The van der Waals surface area contributed by atoms with Gasteiger partial charge in [-0.15, -0.1) is 0 Å². The van der Waals surface area contributed by atoms with Gasteiger partial charge in [-0.05, 0) is 17.7 Å². The van der Waals surface area contributed by atoms with Gasteiger partial charge in [0.1, 0.15) is 6.33 Å². The number of benzene rings is 1. The summed E-state index contributed by atoms with van der Waals surface area (Å²) in [6, 6.07) is 9.16. The summed E-state index contributed by atoms with van der Waals surface area (Å²) in [4.78, 5) is 20.3. The standard InChI is InChI=1S/C17H16N4O2/c22-17(23-10-4-9-21-8-3-7-20-21)16-6-2-1-5-15(16)14-11-18-13-19-12-14/h1-3,5-8,11-13H,4,9-10H2. The Morgan fingerprint density at radius 2 is 1.96 bits per heavy atom. The van der Waals surface area contributed by atoms with Crippen molar-refractivity contribution in [2.24, 2.45) is 0 Å². The van der Waals surface area contributed by atoms with Crippen LogP contribution in [-0.4, -0.2) is 32.3 Å². The molecule has 2 aromatic heterocycles. The molecular formula is C17H16N4O2.